The summed E-state index contributed by atoms with van der Waals surface area (Å²) in [5.74, 6) is 0. The highest BCUT2D eigenvalue weighted by Crippen LogP contribution is 2.12. The SMILES string of the molecule is CC1CN(C)CC(C)N1[SiH2]C[SiH3]. The van der Waals surface area contributed by atoms with Crippen molar-refractivity contribution in [3.63, 3.8) is 0 Å². The van der Waals surface area contributed by atoms with E-state index in [1.165, 1.54) is 23.3 Å². The predicted octanol–water partition coefficient (Wildman–Crippen LogP) is -1.16. The Morgan fingerprint density at radius 3 is 2.25 bits per heavy atom. The second-order valence-corrected chi connectivity index (χ2v) is 9.33. The van der Waals surface area contributed by atoms with Crippen LogP contribution in [0.3, 0.4) is 0 Å². The molecule has 0 spiro atoms. The van der Waals surface area contributed by atoms with E-state index in [1.54, 1.807) is 5.67 Å². The average Bonchev–Trinajstić information content (AvgIpc) is 1.96. The molecule has 0 N–H and O–H groups in total. The number of hydrogen-bond acceptors (Lipinski definition) is 2. The van der Waals surface area contributed by atoms with Crippen molar-refractivity contribution in [2.24, 2.45) is 0 Å². The molecule has 0 saturated carbocycles. The first-order valence-corrected chi connectivity index (χ1v) is 8.14. The maximum Gasteiger partial charge on any atom is 0.0924 e. The molecule has 0 aromatic rings. The summed E-state index contributed by atoms with van der Waals surface area (Å²) >= 11 is 0. The Morgan fingerprint density at radius 2 is 1.83 bits per heavy atom. The monoisotopic (exact) mass is 202 g/mol. The highest BCUT2D eigenvalue weighted by Gasteiger charge is 2.26. The van der Waals surface area contributed by atoms with Crippen molar-refractivity contribution < 1.29 is 0 Å². The molecule has 0 aromatic heterocycles. The first kappa shape index (κ1) is 10.4. The van der Waals surface area contributed by atoms with E-state index in [-0.39, 0.29) is 9.68 Å². The van der Waals surface area contributed by atoms with E-state index in [4.69, 9.17) is 0 Å². The smallest absolute Gasteiger partial charge is 0.0924 e. The van der Waals surface area contributed by atoms with Gasteiger partial charge in [0.25, 0.3) is 0 Å². The van der Waals surface area contributed by atoms with Crippen LogP contribution in [-0.4, -0.2) is 61.6 Å². The molecule has 1 heterocycles. The van der Waals surface area contributed by atoms with Gasteiger partial charge in [-0.05, 0) is 20.9 Å². The van der Waals surface area contributed by atoms with Crippen LogP contribution in [0.1, 0.15) is 13.8 Å². The molecule has 0 aromatic carbocycles. The number of rotatable bonds is 2. The second-order valence-electron chi connectivity index (χ2n) is 4.16. The van der Waals surface area contributed by atoms with Crippen LogP contribution in [0.2, 0.25) is 5.67 Å². The number of piperazine rings is 1. The van der Waals surface area contributed by atoms with Gasteiger partial charge in [-0.2, -0.15) is 0 Å². The summed E-state index contributed by atoms with van der Waals surface area (Å²) in [6.45, 7) is 7.32. The van der Waals surface area contributed by atoms with Crippen LogP contribution >= 0.6 is 0 Å². The van der Waals surface area contributed by atoms with Crippen molar-refractivity contribution >= 4 is 19.9 Å². The van der Waals surface area contributed by atoms with Gasteiger partial charge in [-0.25, -0.2) is 0 Å². The van der Waals surface area contributed by atoms with E-state index < -0.39 is 0 Å². The van der Waals surface area contributed by atoms with E-state index in [9.17, 15) is 0 Å². The molecular weight excluding hydrogens is 180 g/mol. The molecule has 1 rings (SSSR count). The number of nitrogens with zero attached hydrogens (tertiary/aromatic N) is 2. The lowest BCUT2D eigenvalue weighted by Gasteiger charge is -2.43. The Morgan fingerprint density at radius 1 is 1.33 bits per heavy atom. The lowest BCUT2D eigenvalue weighted by Crippen LogP contribution is -2.56. The largest absolute Gasteiger partial charge is 0.322 e. The quantitative estimate of drug-likeness (QED) is 0.521. The molecule has 1 saturated heterocycles. The predicted molar refractivity (Wildman–Crippen MR) is 61.6 cm³/mol. The zero-order valence-corrected chi connectivity index (χ0v) is 12.3. The molecule has 2 atom stereocenters. The lowest BCUT2D eigenvalue weighted by atomic mass is 10.2. The van der Waals surface area contributed by atoms with E-state index >= 15 is 0 Å². The standard InChI is InChI=1S/C8H22N2Si2/c1-7-4-9(3)5-8(2)10(7)12-6-11/h7-8H,4-6,12H2,1-3,11H3. The van der Waals surface area contributed by atoms with Crippen LogP contribution in [0.4, 0.5) is 0 Å². The molecule has 0 aliphatic carbocycles. The van der Waals surface area contributed by atoms with Gasteiger partial charge in [0.05, 0.1) is 9.68 Å². The molecule has 2 nitrogen and oxygen atoms in total. The minimum atomic E-state index is 0.127. The molecule has 0 bridgehead atoms. The van der Waals surface area contributed by atoms with Crippen molar-refractivity contribution in [1.82, 2.24) is 9.47 Å². The van der Waals surface area contributed by atoms with Crippen molar-refractivity contribution in [1.29, 1.82) is 0 Å². The van der Waals surface area contributed by atoms with Crippen LogP contribution in [-0.2, 0) is 0 Å². The highest BCUT2D eigenvalue weighted by atomic mass is 28.3. The van der Waals surface area contributed by atoms with Crippen LogP contribution in [0.5, 0.6) is 0 Å². The minimum absolute atomic E-state index is 0.127. The van der Waals surface area contributed by atoms with Gasteiger partial charge >= 0.3 is 0 Å². The van der Waals surface area contributed by atoms with Gasteiger partial charge in [-0.15, -0.1) is 0 Å². The number of likely N-dealkylation sites (N-methyl/N-ethyl adjacent to an activating group) is 1. The third-order valence-electron chi connectivity index (χ3n) is 2.77. The van der Waals surface area contributed by atoms with E-state index in [1.807, 2.05) is 0 Å². The first-order valence-electron chi connectivity index (χ1n) is 5.09. The average molecular weight is 202 g/mol. The van der Waals surface area contributed by atoms with Gasteiger partial charge in [-0.3, -0.25) is 0 Å². The third-order valence-corrected chi connectivity index (χ3v) is 6.32. The molecule has 12 heavy (non-hydrogen) atoms. The molecule has 1 aliphatic heterocycles. The minimum Gasteiger partial charge on any atom is -0.322 e. The maximum atomic E-state index is 2.80. The fourth-order valence-corrected chi connectivity index (χ4v) is 5.50. The topological polar surface area (TPSA) is 6.48 Å². The van der Waals surface area contributed by atoms with Crippen LogP contribution in [0.15, 0.2) is 0 Å². The normalized spacial score (nSPS) is 35.2. The van der Waals surface area contributed by atoms with Gasteiger partial charge in [-0.1, -0.05) is 5.67 Å². The molecular formula is C8H22N2Si2. The van der Waals surface area contributed by atoms with Gasteiger partial charge in [0, 0.05) is 35.4 Å². The fraction of sp³-hybridized carbons (Fsp3) is 1.00. The van der Waals surface area contributed by atoms with Crippen molar-refractivity contribution in [3.8, 4) is 0 Å². The van der Waals surface area contributed by atoms with Gasteiger partial charge in [0.2, 0.25) is 0 Å². The molecule has 0 amide bonds. The highest BCUT2D eigenvalue weighted by molar-refractivity contribution is 6.44. The lowest BCUT2D eigenvalue weighted by molar-refractivity contribution is 0.122. The van der Waals surface area contributed by atoms with Crippen LogP contribution in [0.25, 0.3) is 0 Å². The fourth-order valence-electron chi connectivity index (χ4n) is 2.32. The Kier molecular flexibility index (Phi) is 3.96. The summed E-state index contributed by atoms with van der Waals surface area (Å²) in [6.07, 6.45) is 0. The maximum absolute atomic E-state index is 2.80. The Bertz CT molecular complexity index is 131. The summed E-state index contributed by atoms with van der Waals surface area (Å²) in [7, 11) is 3.78. The first-order chi connectivity index (χ1) is 5.65. The van der Waals surface area contributed by atoms with Crippen molar-refractivity contribution in [3.05, 3.63) is 0 Å². The molecule has 72 valence electrons. The van der Waals surface area contributed by atoms with Gasteiger partial charge in [0.1, 0.15) is 0 Å². The van der Waals surface area contributed by atoms with Crippen LogP contribution in [0, 0.1) is 0 Å². The Balaban J connectivity index is 2.48. The molecule has 1 aliphatic rings. The van der Waals surface area contributed by atoms with Crippen molar-refractivity contribution in [2.75, 3.05) is 20.1 Å². The van der Waals surface area contributed by atoms with Gasteiger partial charge < -0.3 is 9.47 Å². The number of hydrogen-bond donors (Lipinski definition) is 0. The molecule has 1 fully saturated rings. The zero-order chi connectivity index (χ0) is 9.14. The third kappa shape index (κ3) is 2.42. The second kappa shape index (κ2) is 4.55. The Hall–Kier alpha value is 0.354. The summed E-state index contributed by atoms with van der Waals surface area (Å²) in [4.78, 5) is 2.47. The van der Waals surface area contributed by atoms with E-state index in [0.29, 0.717) is 0 Å². The Labute approximate surface area is 81.6 Å². The van der Waals surface area contributed by atoms with Crippen LogP contribution < -0.4 is 0 Å². The van der Waals surface area contributed by atoms with Gasteiger partial charge in [0.15, 0.2) is 0 Å². The summed E-state index contributed by atoms with van der Waals surface area (Å²) < 4.78 is 2.80. The molecule has 2 unspecified atom stereocenters. The zero-order valence-electron chi connectivity index (χ0n) is 8.88. The van der Waals surface area contributed by atoms with E-state index in [0.717, 1.165) is 12.1 Å². The van der Waals surface area contributed by atoms with E-state index in [2.05, 4.69) is 30.4 Å². The summed E-state index contributed by atoms with van der Waals surface area (Å²) in [5.41, 5.74) is 1.55. The van der Waals surface area contributed by atoms with Crippen molar-refractivity contribution in [2.45, 2.75) is 31.6 Å². The molecule has 0 radical (unpaired) electrons. The summed E-state index contributed by atoms with van der Waals surface area (Å²) in [5, 5.41) is 0. The summed E-state index contributed by atoms with van der Waals surface area (Å²) in [6, 6.07) is 1.64. The molecule has 4 heteroatoms.